The molecule has 0 fully saturated rings. The Morgan fingerprint density at radius 1 is 0.950 bits per heavy atom. The van der Waals surface area contributed by atoms with Crippen molar-refractivity contribution < 1.29 is 0 Å². The molecule has 0 saturated heterocycles. The van der Waals surface area contributed by atoms with E-state index in [4.69, 9.17) is 0 Å². The first kappa shape index (κ1) is 16.3. The molecular weight excluding hydrogens is 260 g/mol. The minimum atomic E-state index is -0.0640. The monoisotopic (exact) mass is 283 g/mol. The van der Waals surface area contributed by atoms with Crippen molar-refractivity contribution >= 4 is 10.9 Å². The molecule has 0 aliphatic carbocycles. The highest BCUT2D eigenvalue weighted by atomic mass is 32.2. The van der Waals surface area contributed by atoms with Gasteiger partial charge in [-0.15, -0.1) is 0 Å². The van der Waals surface area contributed by atoms with Crippen LogP contribution in [0.3, 0.4) is 0 Å². The molecule has 1 aromatic rings. The van der Waals surface area contributed by atoms with E-state index in [1.165, 1.54) is 14.7 Å². The van der Waals surface area contributed by atoms with Gasteiger partial charge in [-0.3, -0.25) is 0 Å². The Labute approximate surface area is 126 Å². The van der Waals surface area contributed by atoms with E-state index < -0.39 is 0 Å². The van der Waals surface area contributed by atoms with Crippen molar-refractivity contribution in [2.24, 2.45) is 0 Å². The minimum absolute atomic E-state index is 0.0640. The zero-order chi connectivity index (χ0) is 14.8. The highest BCUT2D eigenvalue weighted by Crippen LogP contribution is 2.31. The summed E-state index contributed by atoms with van der Waals surface area (Å²) in [5, 5.41) is 0. The zero-order valence-corrected chi connectivity index (χ0v) is 13.4. The molecule has 20 heavy (non-hydrogen) atoms. The van der Waals surface area contributed by atoms with Gasteiger partial charge in [0.2, 0.25) is 0 Å². The van der Waals surface area contributed by atoms with E-state index in [0.717, 1.165) is 0 Å². The van der Waals surface area contributed by atoms with Crippen molar-refractivity contribution in [2.75, 3.05) is 0 Å². The zero-order valence-electron chi connectivity index (χ0n) is 12.5. The van der Waals surface area contributed by atoms with Crippen LogP contribution < -0.4 is 0 Å². The molecule has 0 N–H and O–H groups in total. The first-order valence-corrected chi connectivity index (χ1v) is 8.04. The average Bonchev–Trinajstić information content (AvgIpc) is 2.50. The summed E-state index contributed by atoms with van der Waals surface area (Å²) in [5.74, 6) is 0. The number of rotatable bonds is 6. The van der Waals surface area contributed by atoms with E-state index in [1.54, 1.807) is 0 Å². The number of hydrogen-bond acceptors (Lipinski definition) is 0. The van der Waals surface area contributed by atoms with Gasteiger partial charge in [0, 0.05) is 0 Å². The van der Waals surface area contributed by atoms with E-state index in [2.05, 4.69) is 88.1 Å². The molecule has 0 aliphatic heterocycles. The fourth-order valence-electron chi connectivity index (χ4n) is 1.86. The van der Waals surface area contributed by atoms with E-state index in [9.17, 15) is 0 Å². The molecule has 0 heterocycles. The molecule has 104 valence electrons. The van der Waals surface area contributed by atoms with Crippen LogP contribution in [0.4, 0.5) is 0 Å². The van der Waals surface area contributed by atoms with Crippen LogP contribution in [0.2, 0.25) is 0 Å². The predicted molar refractivity (Wildman–Crippen MR) is 93.7 cm³/mol. The molecule has 1 unspecified atom stereocenters. The van der Waals surface area contributed by atoms with E-state index in [0.29, 0.717) is 0 Å². The molecule has 1 heteroatoms. The lowest BCUT2D eigenvalue weighted by molar-refractivity contribution is 1.44. The van der Waals surface area contributed by atoms with Crippen LogP contribution in [0.1, 0.15) is 20.8 Å². The Hall–Kier alpha value is -1.73. The Bertz CT molecular complexity index is 530. The third-order valence-electron chi connectivity index (χ3n) is 2.75. The van der Waals surface area contributed by atoms with Gasteiger partial charge in [0.15, 0.2) is 14.7 Å². The summed E-state index contributed by atoms with van der Waals surface area (Å²) < 4.78 is 0. The summed E-state index contributed by atoms with van der Waals surface area (Å²) in [5.41, 5.74) is 0. The molecule has 1 rings (SSSR count). The number of benzene rings is 1. The lowest BCUT2D eigenvalue weighted by Crippen LogP contribution is -2.07. The Balaban J connectivity index is 3.34. The van der Waals surface area contributed by atoms with Gasteiger partial charge >= 0.3 is 0 Å². The largest absolute Gasteiger partial charge is 0.166 e. The highest BCUT2D eigenvalue weighted by Gasteiger charge is 2.29. The molecule has 0 nitrogen and oxygen atoms in total. The second-order valence-electron chi connectivity index (χ2n) is 4.10. The van der Waals surface area contributed by atoms with Gasteiger partial charge in [0.25, 0.3) is 0 Å². The summed E-state index contributed by atoms with van der Waals surface area (Å²) in [6, 6.07) is 10.7. The van der Waals surface area contributed by atoms with Crippen LogP contribution in [0.5, 0.6) is 0 Å². The molecule has 1 aromatic carbocycles. The number of allylic oxidation sites excluding steroid dienone is 7. The molecule has 0 aromatic heterocycles. The summed E-state index contributed by atoms with van der Waals surface area (Å²) in [7, 11) is -0.0640. The molecule has 0 spiro atoms. The third kappa shape index (κ3) is 4.43. The predicted octanol–water partition coefficient (Wildman–Crippen LogP) is 5.79. The lowest BCUT2D eigenvalue weighted by atomic mass is 10.4. The van der Waals surface area contributed by atoms with Gasteiger partial charge in [-0.1, -0.05) is 43.0 Å². The molecule has 0 aliphatic rings. The Morgan fingerprint density at radius 3 is 2.05 bits per heavy atom. The summed E-state index contributed by atoms with van der Waals surface area (Å²) in [6.07, 6.45) is 14.6. The molecular formula is C19H23S+. The van der Waals surface area contributed by atoms with Gasteiger partial charge in [0.1, 0.15) is 0 Å². The normalized spacial score (nSPS) is 14.9. The summed E-state index contributed by atoms with van der Waals surface area (Å²) in [4.78, 5) is 3.98. The third-order valence-corrected chi connectivity index (χ3v) is 5.18. The molecule has 0 saturated carbocycles. The fourth-order valence-corrected chi connectivity index (χ4v) is 4.06. The smallest absolute Gasteiger partial charge is 0.0991 e. The maximum atomic E-state index is 3.76. The Morgan fingerprint density at radius 2 is 1.55 bits per heavy atom. The van der Waals surface area contributed by atoms with Crippen LogP contribution in [-0.4, -0.2) is 0 Å². The van der Waals surface area contributed by atoms with Crippen molar-refractivity contribution in [3.63, 3.8) is 0 Å². The second kappa shape index (κ2) is 9.22. The average molecular weight is 283 g/mol. The van der Waals surface area contributed by atoms with Crippen molar-refractivity contribution in [3.05, 3.63) is 89.3 Å². The Kier molecular flexibility index (Phi) is 7.52. The van der Waals surface area contributed by atoms with Gasteiger partial charge < -0.3 is 0 Å². The fraction of sp³-hybridized carbons (Fsp3) is 0.158. The second-order valence-corrected chi connectivity index (χ2v) is 6.12. The molecule has 0 amide bonds. The van der Waals surface area contributed by atoms with Crippen LogP contribution in [0, 0.1) is 0 Å². The summed E-state index contributed by atoms with van der Waals surface area (Å²) in [6.45, 7) is 10.0. The van der Waals surface area contributed by atoms with E-state index in [-0.39, 0.29) is 10.9 Å². The van der Waals surface area contributed by atoms with E-state index >= 15 is 0 Å². The van der Waals surface area contributed by atoms with Crippen LogP contribution in [0.15, 0.2) is 94.1 Å². The molecule has 1 atom stereocenters. The van der Waals surface area contributed by atoms with Crippen LogP contribution >= 0.6 is 0 Å². The van der Waals surface area contributed by atoms with Crippen molar-refractivity contribution in [3.8, 4) is 0 Å². The van der Waals surface area contributed by atoms with Crippen molar-refractivity contribution in [2.45, 2.75) is 25.7 Å². The van der Waals surface area contributed by atoms with Crippen molar-refractivity contribution in [1.82, 2.24) is 0 Å². The maximum Gasteiger partial charge on any atom is 0.166 e. The first-order valence-electron chi connectivity index (χ1n) is 6.82. The van der Waals surface area contributed by atoms with Gasteiger partial charge in [-0.25, -0.2) is 0 Å². The van der Waals surface area contributed by atoms with Crippen molar-refractivity contribution in [1.29, 1.82) is 0 Å². The number of hydrogen-bond donors (Lipinski definition) is 0. The maximum absolute atomic E-state index is 3.76. The summed E-state index contributed by atoms with van der Waals surface area (Å²) >= 11 is 0. The minimum Gasteiger partial charge on any atom is -0.0991 e. The van der Waals surface area contributed by atoms with Crippen LogP contribution in [-0.2, 0) is 10.9 Å². The lowest BCUT2D eigenvalue weighted by Gasteiger charge is -2.08. The first-order chi connectivity index (χ1) is 9.78. The molecule has 0 radical (unpaired) electrons. The van der Waals surface area contributed by atoms with Crippen LogP contribution in [0.25, 0.3) is 0 Å². The van der Waals surface area contributed by atoms with Gasteiger partial charge in [-0.05, 0) is 57.2 Å². The van der Waals surface area contributed by atoms with E-state index in [1.807, 2.05) is 12.2 Å². The highest BCUT2D eigenvalue weighted by molar-refractivity contribution is 8.04. The van der Waals surface area contributed by atoms with Gasteiger partial charge in [-0.2, -0.15) is 0 Å². The molecule has 0 bridgehead atoms. The quantitative estimate of drug-likeness (QED) is 0.458. The standard InChI is InChI=1S/C19H23S/c1-5-9-14-18(8-4)20(17(7-3)13-6-2)19-15-11-10-12-16-19/h5-16H,1H2,2-4H3/q+1/b13-6-,14-9-,17-7+,18-8+. The SMILES string of the molecule is C=C/C=C\C(=C/C)[S+](C(/C=C\C)=C/C)c1ccccc1. The topological polar surface area (TPSA) is 0 Å². The van der Waals surface area contributed by atoms with Gasteiger partial charge in [0.05, 0.1) is 10.9 Å².